The highest BCUT2D eigenvalue weighted by Crippen LogP contribution is 2.26. The highest BCUT2D eigenvalue weighted by atomic mass is 32.2. The predicted octanol–water partition coefficient (Wildman–Crippen LogP) is 4.45. The van der Waals surface area contributed by atoms with Crippen molar-refractivity contribution in [2.24, 2.45) is 0 Å². The molecule has 2 atom stereocenters. The van der Waals surface area contributed by atoms with E-state index < -0.39 is 28.0 Å². The maximum absolute atomic E-state index is 13.4. The predicted molar refractivity (Wildman–Crippen MR) is 132 cm³/mol. The molecule has 0 saturated heterocycles. The lowest BCUT2D eigenvalue weighted by Gasteiger charge is -2.30. The zero-order chi connectivity index (χ0) is 24.0. The van der Waals surface area contributed by atoms with Gasteiger partial charge in [0.2, 0.25) is 15.9 Å². The van der Waals surface area contributed by atoms with E-state index in [2.05, 4.69) is 5.32 Å². The van der Waals surface area contributed by atoms with Gasteiger partial charge in [-0.25, -0.2) is 8.42 Å². The molecule has 3 aromatic carbocycles. The van der Waals surface area contributed by atoms with Gasteiger partial charge >= 0.3 is 0 Å². The summed E-state index contributed by atoms with van der Waals surface area (Å²) in [6, 6.07) is 22.8. The van der Waals surface area contributed by atoms with Crippen molar-refractivity contribution in [1.29, 1.82) is 0 Å². The van der Waals surface area contributed by atoms with Crippen molar-refractivity contribution >= 4 is 21.6 Å². The van der Waals surface area contributed by atoms with E-state index in [0.29, 0.717) is 18.0 Å². The molecule has 7 heteroatoms. The third-order valence-electron chi connectivity index (χ3n) is 5.32. The number of sulfonamides is 1. The molecule has 0 radical (unpaired) electrons. The van der Waals surface area contributed by atoms with E-state index in [4.69, 9.17) is 4.74 Å². The normalized spacial score (nSPS) is 13.1. The Hall–Kier alpha value is -3.32. The molecule has 6 nitrogen and oxygen atoms in total. The number of carbonyl (C=O) groups is 1. The number of anilines is 1. The number of nitrogens with zero attached hydrogens (tertiary/aromatic N) is 1. The van der Waals surface area contributed by atoms with Gasteiger partial charge in [-0.2, -0.15) is 0 Å². The summed E-state index contributed by atoms with van der Waals surface area (Å²) in [4.78, 5) is 13.4. The molecule has 3 aromatic rings. The van der Waals surface area contributed by atoms with Crippen molar-refractivity contribution in [3.8, 4) is 5.75 Å². The van der Waals surface area contributed by atoms with Crippen molar-refractivity contribution in [1.82, 2.24) is 5.32 Å². The first-order valence-electron chi connectivity index (χ1n) is 10.8. The molecule has 0 aliphatic rings. The van der Waals surface area contributed by atoms with Crippen LogP contribution in [0.25, 0.3) is 0 Å². The highest BCUT2D eigenvalue weighted by Gasteiger charge is 2.31. The summed E-state index contributed by atoms with van der Waals surface area (Å²) in [5, 5.41) is 3.05. The molecule has 0 aromatic heterocycles. The van der Waals surface area contributed by atoms with Gasteiger partial charge in [0.1, 0.15) is 11.8 Å². The van der Waals surface area contributed by atoms with Gasteiger partial charge in [-0.1, -0.05) is 60.2 Å². The average Bonchev–Trinajstić information content (AvgIpc) is 2.79. The van der Waals surface area contributed by atoms with Gasteiger partial charge in [0.15, 0.2) is 0 Å². The van der Waals surface area contributed by atoms with E-state index in [-0.39, 0.29) is 0 Å². The van der Waals surface area contributed by atoms with Crippen LogP contribution in [-0.4, -0.2) is 33.2 Å². The lowest BCUT2D eigenvalue weighted by Crippen LogP contribution is -2.48. The molecule has 174 valence electrons. The summed E-state index contributed by atoms with van der Waals surface area (Å²) >= 11 is 0. The summed E-state index contributed by atoms with van der Waals surface area (Å²) in [6.07, 6.45) is 1.10. The third kappa shape index (κ3) is 6.14. The van der Waals surface area contributed by atoms with Crippen LogP contribution in [-0.2, 0) is 14.8 Å². The van der Waals surface area contributed by atoms with Gasteiger partial charge in [-0.3, -0.25) is 9.10 Å². The van der Waals surface area contributed by atoms with Crippen LogP contribution < -0.4 is 14.4 Å². The summed E-state index contributed by atoms with van der Waals surface area (Å²) in [5.41, 5.74) is 3.34. The van der Waals surface area contributed by atoms with E-state index in [1.807, 2.05) is 68.4 Å². The van der Waals surface area contributed by atoms with E-state index in [0.717, 1.165) is 27.3 Å². The number of nitrogens with one attached hydrogen (secondary N) is 1. The molecule has 0 heterocycles. The van der Waals surface area contributed by atoms with Crippen molar-refractivity contribution in [3.05, 3.63) is 95.6 Å². The second-order valence-electron chi connectivity index (χ2n) is 7.92. The molecular weight excluding hydrogens is 436 g/mol. The molecular formula is C26H30N2O4S. The number of hydrogen-bond donors (Lipinski definition) is 1. The summed E-state index contributed by atoms with van der Waals surface area (Å²) in [5.74, 6) is 0.235. The van der Waals surface area contributed by atoms with E-state index in [1.165, 1.54) is 0 Å². The Balaban J connectivity index is 1.91. The quantitative estimate of drug-likeness (QED) is 0.505. The fourth-order valence-corrected chi connectivity index (χ4v) is 4.87. The minimum atomic E-state index is -3.73. The van der Waals surface area contributed by atoms with Crippen molar-refractivity contribution in [3.63, 3.8) is 0 Å². The van der Waals surface area contributed by atoms with Crippen LogP contribution in [0.5, 0.6) is 5.75 Å². The average molecular weight is 467 g/mol. The minimum Gasteiger partial charge on any atom is -0.494 e. The largest absolute Gasteiger partial charge is 0.494 e. The molecule has 0 aliphatic heterocycles. The topological polar surface area (TPSA) is 75.7 Å². The van der Waals surface area contributed by atoms with Crippen molar-refractivity contribution in [2.45, 2.75) is 32.9 Å². The molecule has 1 N–H and O–H groups in total. The molecule has 3 rings (SSSR count). The molecule has 0 saturated carbocycles. The Bertz CT molecular complexity index is 1160. The SMILES string of the molecule is CCOc1ccc(N([C@@H](C)C(=O)N[C@H](c2ccccc2)c2ccc(C)cc2)S(C)(=O)=O)cc1. The molecule has 0 bridgehead atoms. The third-order valence-corrected chi connectivity index (χ3v) is 6.56. The number of benzene rings is 3. The number of hydrogen-bond acceptors (Lipinski definition) is 4. The number of ether oxygens (including phenoxy) is 1. The molecule has 0 aliphatic carbocycles. The van der Waals surface area contributed by atoms with E-state index in [9.17, 15) is 13.2 Å². The second-order valence-corrected chi connectivity index (χ2v) is 9.78. The monoisotopic (exact) mass is 466 g/mol. The Morgan fingerprint density at radius 2 is 1.52 bits per heavy atom. The van der Waals surface area contributed by atoms with Crippen LogP contribution in [0, 0.1) is 6.92 Å². The van der Waals surface area contributed by atoms with Crippen molar-refractivity contribution in [2.75, 3.05) is 17.2 Å². The van der Waals surface area contributed by atoms with Gasteiger partial charge < -0.3 is 10.1 Å². The Morgan fingerprint density at radius 1 is 0.939 bits per heavy atom. The van der Waals surface area contributed by atoms with Crippen LogP contribution >= 0.6 is 0 Å². The maximum Gasteiger partial charge on any atom is 0.244 e. The Labute approximate surface area is 196 Å². The first-order chi connectivity index (χ1) is 15.7. The number of amides is 1. The summed E-state index contributed by atoms with van der Waals surface area (Å²) in [7, 11) is -3.73. The fourth-order valence-electron chi connectivity index (χ4n) is 3.69. The minimum absolute atomic E-state index is 0.398. The lowest BCUT2D eigenvalue weighted by molar-refractivity contribution is -0.122. The zero-order valence-corrected chi connectivity index (χ0v) is 20.2. The second kappa shape index (κ2) is 10.5. The molecule has 1 amide bonds. The van der Waals surface area contributed by atoms with Crippen LogP contribution in [0.15, 0.2) is 78.9 Å². The highest BCUT2D eigenvalue weighted by molar-refractivity contribution is 7.92. The zero-order valence-electron chi connectivity index (χ0n) is 19.4. The van der Waals surface area contributed by atoms with Crippen LogP contribution in [0.2, 0.25) is 0 Å². The van der Waals surface area contributed by atoms with Gasteiger partial charge in [0.05, 0.1) is 24.6 Å². The lowest BCUT2D eigenvalue weighted by atomic mass is 9.97. The van der Waals surface area contributed by atoms with Gasteiger partial charge in [-0.15, -0.1) is 0 Å². The first-order valence-corrected chi connectivity index (χ1v) is 12.7. The van der Waals surface area contributed by atoms with E-state index in [1.54, 1.807) is 31.2 Å². The van der Waals surface area contributed by atoms with Gasteiger partial charge in [0.25, 0.3) is 0 Å². The molecule has 0 unspecified atom stereocenters. The van der Waals surface area contributed by atoms with Crippen LogP contribution in [0.3, 0.4) is 0 Å². The fraction of sp³-hybridized carbons (Fsp3) is 0.269. The summed E-state index contributed by atoms with van der Waals surface area (Å²) < 4.78 is 31.9. The molecule has 0 spiro atoms. The number of aryl methyl sites for hydroxylation is 1. The number of rotatable bonds is 9. The van der Waals surface area contributed by atoms with Crippen molar-refractivity contribution < 1.29 is 17.9 Å². The van der Waals surface area contributed by atoms with Gasteiger partial charge in [0, 0.05) is 0 Å². The smallest absolute Gasteiger partial charge is 0.244 e. The molecule has 33 heavy (non-hydrogen) atoms. The first kappa shape index (κ1) is 24.3. The van der Waals surface area contributed by atoms with E-state index >= 15 is 0 Å². The van der Waals surface area contributed by atoms with Crippen LogP contribution in [0.4, 0.5) is 5.69 Å². The Morgan fingerprint density at radius 3 is 2.06 bits per heavy atom. The summed E-state index contributed by atoms with van der Waals surface area (Å²) in [6.45, 7) is 5.97. The maximum atomic E-state index is 13.4. The van der Waals surface area contributed by atoms with Gasteiger partial charge in [-0.05, 0) is 56.2 Å². The molecule has 0 fully saturated rings. The van der Waals surface area contributed by atoms with Crippen LogP contribution in [0.1, 0.15) is 36.6 Å². The Kier molecular flexibility index (Phi) is 7.76. The standard InChI is InChI=1S/C26H30N2O4S/c1-5-32-24-17-15-23(16-18-24)28(33(4,30)31)20(3)26(29)27-25(21-9-7-6-8-10-21)22-13-11-19(2)12-14-22/h6-18,20,25H,5H2,1-4H3,(H,27,29)/t20-,25+/m0/s1. The number of carbonyl (C=O) groups excluding carboxylic acids is 1.